The molecule has 7 heteroatoms. The Hall–Kier alpha value is -1.24. The number of likely N-dealkylation sites (N-methyl/N-ethyl adjacent to an activating group) is 1. The summed E-state index contributed by atoms with van der Waals surface area (Å²) < 4.78 is 55.4. The van der Waals surface area contributed by atoms with Crippen LogP contribution in [0, 0.1) is 5.82 Å². The van der Waals surface area contributed by atoms with Gasteiger partial charge in [0.05, 0.1) is 0 Å². The van der Waals surface area contributed by atoms with Crippen molar-refractivity contribution in [3.05, 3.63) is 24.0 Å². The molecule has 96 valence electrons. The van der Waals surface area contributed by atoms with Crippen LogP contribution in [0.25, 0.3) is 0 Å². The minimum atomic E-state index is -5.13. The van der Waals surface area contributed by atoms with E-state index >= 15 is 0 Å². The lowest BCUT2D eigenvalue weighted by atomic mass is 9.80. The van der Waals surface area contributed by atoms with Crippen molar-refractivity contribution < 1.29 is 22.1 Å². The predicted octanol–water partition coefficient (Wildman–Crippen LogP) is 1.82. The molecule has 1 aromatic rings. The van der Waals surface area contributed by atoms with Gasteiger partial charge in [0, 0.05) is 6.54 Å². The van der Waals surface area contributed by atoms with Crippen LogP contribution < -0.4 is 10.2 Å². The van der Waals surface area contributed by atoms with Crippen molar-refractivity contribution in [2.75, 3.05) is 27.2 Å². The summed E-state index contributed by atoms with van der Waals surface area (Å²) in [4.78, 5) is 1.79. The second-order valence-electron chi connectivity index (χ2n) is 3.92. The summed E-state index contributed by atoms with van der Waals surface area (Å²) in [6.45, 7) is -4.49. The number of benzene rings is 1. The van der Waals surface area contributed by atoms with Gasteiger partial charge in [0.25, 0.3) is 0 Å². The number of halogens is 4. The molecule has 0 saturated heterocycles. The van der Waals surface area contributed by atoms with Crippen LogP contribution in [0.2, 0.25) is 0 Å². The van der Waals surface area contributed by atoms with E-state index in [1.165, 1.54) is 0 Å². The molecule has 0 unspecified atom stereocenters. The lowest BCUT2D eigenvalue weighted by Crippen LogP contribution is -2.34. The SMILES string of the molecule is CN(C)CCOc1cc([B-](F)(F)F)ccc1F. The van der Waals surface area contributed by atoms with Gasteiger partial charge in [0.15, 0.2) is 11.6 Å². The highest BCUT2D eigenvalue weighted by atomic mass is 19.4. The molecular weight excluding hydrogens is 237 g/mol. The van der Waals surface area contributed by atoms with Gasteiger partial charge in [-0.2, -0.15) is 0 Å². The Balaban J connectivity index is 2.77. The molecule has 0 aliphatic carbocycles. The third-order valence-corrected chi connectivity index (χ3v) is 2.13. The number of hydrogen-bond acceptors (Lipinski definition) is 2. The quantitative estimate of drug-likeness (QED) is 0.583. The van der Waals surface area contributed by atoms with E-state index in [-0.39, 0.29) is 12.4 Å². The topological polar surface area (TPSA) is 12.5 Å². The van der Waals surface area contributed by atoms with Crippen molar-refractivity contribution in [3.63, 3.8) is 0 Å². The third kappa shape index (κ3) is 4.26. The van der Waals surface area contributed by atoms with E-state index in [1.807, 2.05) is 0 Å². The Labute approximate surface area is 97.2 Å². The van der Waals surface area contributed by atoms with E-state index in [1.54, 1.807) is 19.0 Å². The monoisotopic (exact) mass is 250 g/mol. The van der Waals surface area contributed by atoms with Crippen molar-refractivity contribution in [2.24, 2.45) is 0 Å². The van der Waals surface area contributed by atoms with Crippen LogP contribution in [0.15, 0.2) is 18.2 Å². The van der Waals surface area contributed by atoms with Gasteiger partial charge in [0.1, 0.15) is 6.61 Å². The van der Waals surface area contributed by atoms with Crippen molar-refractivity contribution >= 4 is 12.4 Å². The summed E-state index contributed by atoms with van der Waals surface area (Å²) in [6.07, 6.45) is 0. The molecule has 0 amide bonds. The Morgan fingerprint density at radius 3 is 2.41 bits per heavy atom. The maximum absolute atomic E-state index is 13.2. The summed E-state index contributed by atoms with van der Waals surface area (Å²) in [5.74, 6) is -1.14. The first-order valence-corrected chi connectivity index (χ1v) is 5.07. The number of nitrogens with zero attached hydrogens (tertiary/aromatic N) is 1. The van der Waals surface area contributed by atoms with Crippen molar-refractivity contribution in [1.82, 2.24) is 4.90 Å². The first kappa shape index (κ1) is 13.8. The second kappa shape index (κ2) is 5.40. The molecule has 1 rings (SSSR count). The van der Waals surface area contributed by atoms with Crippen LogP contribution in [0.5, 0.6) is 5.75 Å². The predicted molar refractivity (Wildman–Crippen MR) is 59.2 cm³/mol. The summed E-state index contributed by atoms with van der Waals surface area (Å²) in [6, 6.07) is 2.19. The Bertz CT molecular complexity index is 381. The summed E-state index contributed by atoms with van der Waals surface area (Å²) >= 11 is 0. The van der Waals surface area contributed by atoms with Gasteiger partial charge in [-0.05, 0) is 26.2 Å². The van der Waals surface area contributed by atoms with E-state index < -0.39 is 18.3 Å². The van der Waals surface area contributed by atoms with E-state index in [2.05, 4.69) is 0 Å². The van der Waals surface area contributed by atoms with Crippen LogP contribution in [0.1, 0.15) is 0 Å². The zero-order chi connectivity index (χ0) is 13.1. The average molecular weight is 250 g/mol. The molecular formula is C10H13BF4NO-. The van der Waals surface area contributed by atoms with Gasteiger partial charge in [-0.15, -0.1) is 5.46 Å². The maximum atomic E-state index is 13.2. The molecule has 0 radical (unpaired) electrons. The van der Waals surface area contributed by atoms with Crippen molar-refractivity contribution in [3.8, 4) is 5.75 Å². The molecule has 0 aromatic heterocycles. The van der Waals surface area contributed by atoms with Gasteiger partial charge in [-0.3, -0.25) is 0 Å². The number of rotatable bonds is 5. The molecule has 2 nitrogen and oxygen atoms in total. The molecule has 0 aliphatic heterocycles. The van der Waals surface area contributed by atoms with E-state index in [0.717, 1.165) is 6.07 Å². The van der Waals surface area contributed by atoms with Crippen LogP contribution >= 0.6 is 0 Å². The van der Waals surface area contributed by atoms with Gasteiger partial charge in [-0.1, -0.05) is 6.07 Å². The maximum Gasteiger partial charge on any atom is 0.509 e. The zero-order valence-electron chi connectivity index (χ0n) is 9.59. The molecule has 0 bridgehead atoms. The first-order valence-electron chi connectivity index (χ1n) is 5.07. The molecule has 0 fully saturated rings. The summed E-state index contributed by atoms with van der Waals surface area (Å²) in [5.41, 5.74) is -0.855. The summed E-state index contributed by atoms with van der Waals surface area (Å²) in [5, 5.41) is 0. The standard InChI is InChI=1S/C10H13BF4NO/c1-16(2)5-6-17-10-7-8(11(13,14)15)3-4-9(10)12/h3-4,7H,5-6H2,1-2H3/q-1. The molecule has 0 saturated carbocycles. The molecule has 1 aromatic carbocycles. The third-order valence-electron chi connectivity index (χ3n) is 2.13. The molecule has 0 aliphatic rings. The fraction of sp³-hybridized carbons (Fsp3) is 0.400. The lowest BCUT2D eigenvalue weighted by molar-refractivity contribution is 0.252. The summed E-state index contributed by atoms with van der Waals surface area (Å²) in [7, 11) is 3.57. The fourth-order valence-electron chi connectivity index (χ4n) is 1.17. The molecule has 0 heterocycles. The van der Waals surface area contributed by atoms with Gasteiger partial charge < -0.3 is 22.6 Å². The molecule has 17 heavy (non-hydrogen) atoms. The highest BCUT2D eigenvalue weighted by Gasteiger charge is 2.26. The highest BCUT2D eigenvalue weighted by Crippen LogP contribution is 2.18. The van der Waals surface area contributed by atoms with Crippen molar-refractivity contribution in [2.45, 2.75) is 0 Å². The van der Waals surface area contributed by atoms with Crippen molar-refractivity contribution in [1.29, 1.82) is 0 Å². The van der Waals surface area contributed by atoms with E-state index in [0.29, 0.717) is 18.7 Å². The first-order chi connectivity index (χ1) is 7.80. The Morgan fingerprint density at radius 1 is 1.24 bits per heavy atom. The Morgan fingerprint density at radius 2 is 1.88 bits per heavy atom. The largest absolute Gasteiger partial charge is 0.509 e. The minimum absolute atomic E-state index is 0.137. The van der Waals surface area contributed by atoms with Gasteiger partial charge in [-0.25, -0.2) is 4.39 Å². The molecule has 0 spiro atoms. The Kier molecular flexibility index (Phi) is 4.39. The molecule has 0 atom stereocenters. The molecule has 0 N–H and O–H groups in total. The van der Waals surface area contributed by atoms with Crippen LogP contribution in [-0.2, 0) is 0 Å². The normalized spacial score (nSPS) is 11.9. The van der Waals surface area contributed by atoms with E-state index in [4.69, 9.17) is 4.74 Å². The van der Waals surface area contributed by atoms with Crippen LogP contribution in [0.3, 0.4) is 0 Å². The highest BCUT2D eigenvalue weighted by molar-refractivity contribution is 6.73. The van der Waals surface area contributed by atoms with Crippen LogP contribution in [-0.4, -0.2) is 39.1 Å². The van der Waals surface area contributed by atoms with Gasteiger partial charge in [0.2, 0.25) is 0 Å². The number of hydrogen-bond donors (Lipinski definition) is 0. The fourth-order valence-corrected chi connectivity index (χ4v) is 1.17. The second-order valence-corrected chi connectivity index (χ2v) is 3.92. The smallest absolute Gasteiger partial charge is 0.489 e. The van der Waals surface area contributed by atoms with Crippen LogP contribution in [0.4, 0.5) is 17.3 Å². The van der Waals surface area contributed by atoms with E-state index in [9.17, 15) is 17.3 Å². The number of ether oxygens (including phenoxy) is 1. The average Bonchev–Trinajstić information content (AvgIpc) is 2.18. The lowest BCUT2D eigenvalue weighted by Gasteiger charge is -2.17. The minimum Gasteiger partial charge on any atom is -0.489 e. The van der Waals surface area contributed by atoms with Gasteiger partial charge >= 0.3 is 6.98 Å². The zero-order valence-corrected chi connectivity index (χ0v) is 9.59.